The molecule has 0 spiro atoms. The largest absolute Gasteiger partial charge is 0.489 e. The maximum atomic E-state index is 10.3. The van der Waals surface area contributed by atoms with Crippen molar-refractivity contribution in [1.29, 1.82) is 15.8 Å². The van der Waals surface area contributed by atoms with Gasteiger partial charge in [0.15, 0.2) is 5.41 Å². The van der Waals surface area contributed by atoms with Gasteiger partial charge in [0.1, 0.15) is 18.4 Å². The predicted octanol–water partition coefficient (Wildman–Crippen LogP) is 6.28. The molecule has 7 heteroatoms. The second kappa shape index (κ2) is 9.32. The first-order valence-electron chi connectivity index (χ1n) is 10.5. The molecule has 2 aromatic carbocycles. The third kappa shape index (κ3) is 4.00. The molecule has 2 aliphatic rings. The van der Waals surface area contributed by atoms with Gasteiger partial charge in [0, 0.05) is 21.0 Å². The molecule has 0 radical (unpaired) electrons. The van der Waals surface area contributed by atoms with E-state index in [2.05, 4.69) is 34.1 Å². The van der Waals surface area contributed by atoms with E-state index < -0.39 is 11.3 Å². The van der Waals surface area contributed by atoms with E-state index in [1.54, 1.807) is 12.1 Å². The lowest BCUT2D eigenvalue weighted by atomic mass is 9.56. The van der Waals surface area contributed by atoms with Gasteiger partial charge < -0.3 is 10.5 Å². The second-order valence-corrected chi connectivity index (χ2v) is 9.56. The van der Waals surface area contributed by atoms with Crippen LogP contribution in [0.4, 0.5) is 0 Å². The first-order valence-corrected chi connectivity index (χ1v) is 11.7. The molecule has 0 fully saturated rings. The van der Waals surface area contributed by atoms with Crippen molar-refractivity contribution in [3.05, 3.63) is 86.0 Å². The van der Waals surface area contributed by atoms with Crippen LogP contribution in [0.3, 0.4) is 0 Å². The number of nitrogens with two attached hydrogens (primary N) is 1. The van der Waals surface area contributed by atoms with Gasteiger partial charge in [-0.2, -0.15) is 15.8 Å². The highest BCUT2D eigenvalue weighted by Crippen LogP contribution is 2.57. The van der Waals surface area contributed by atoms with Gasteiger partial charge in [-0.1, -0.05) is 45.7 Å². The number of fused-ring (bicyclic) bond motifs is 1. The van der Waals surface area contributed by atoms with Gasteiger partial charge in [0.25, 0.3) is 0 Å². The summed E-state index contributed by atoms with van der Waals surface area (Å²) in [5, 5.41) is 31.0. The molecule has 0 saturated carbocycles. The molecule has 0 amide bonds. The fraction of sp³-hybridized carbons (Fsp3) is 0.269. The molecule has 0 heterocycles. The average Bonchev–Trinajstić information content (AvgIpc) is 2.83. The van der Waals surface area contributed by atoms with Crippen LogP contribution in [0, 0.1) is 45.3 Å². The van der Waals surface area contributed by atoms with E-state index in [-0.39, 0.29) is 17.2 Å². The topological polar surface area (TPSA) is 107 Å². The average molecular weight is 520 g/mol. The zero-order valence-corrected chi connectivity index (χ0v) is 20.0. The first kappa shape index (κ1) is 22.9. The van der Waals surface area contributed by atoms with Crippen LogP contribution in [0.5, 0.6) is 5.75 Å². The van der Waals surface area contributed by atoms with Gasteiger partial charge >= 0.3 is 0 Å². The predicted molar refractivity (Wildman–Crippen MR) is 129 cm³/mol. The molecule has 0 aliphatic heterocycles. The summed E-state index contributed by atoms with van der Waals surface area (Å²) in [4.78, 5) is 0. The lowest BCUT2D eigenvalue weighted by Crippen LogP contribution is -2.42. The number of allylic oxidation sites excluding steroid dienone is 4. The molecular formula is C26H20BrClN4O. The maximum absolute atomic E-state index is 10.3. The van der Waals surface area contributed by atoms with E-state index in [0.29, 0.717) is 17.4 Å². The summed E-state index contributed by atoms with van der Waals surface area (Å²) in [7, 11) is 0. The summed E-state index contributed by atoms with van der Waals surface area (Å²) in [6, 6.07) is 19.5. The molecule has 0 saturated heterocycles. The van der Waals surface area contributed by atoms with Crippen LogP contribution in [-0.2, 0) is 6.61 Å². The normalized spacial score (nSPS) is 21.1. The SMILES string of the molecule is N#CC1=C(N)C(C#N)(C#N)[C@H](c2cc(Br)ccc2OCc2ccc(Cl)cc2)[C@@H]2CCCC=C12. The molecule has 0 bridgehead atoms. The van der Waals surface area contributed by atoms with E-state index in [0.717, 1.165) is 40.4 Å². The summed E-state index contributed by atoms with van der Waals surface area (Å²) >= 11 is 9.52. The smallest absolute Gasteiger partial charge is 0.191 e. The van der Waals surface area contributed by atoms with Crippen LogP contribution < -0.4 is 10.5 Å². The number of nitriles is 3. The van der Waals surface area contributed by atoms with Crippen LogP contribution in [0.25, 0.3) is 0 Å². The van der Waals surface area contributed by atoms with Gasteiger partial charge in [0.2, 0.25) is 0 Å². The molecule has 0 unspecified atom stereocenters. The minimum absolute atomic E-state index is 0.0213. The summed E-state index contributed by atoms with van der Waals surface area (Å²) < 4.78 is 7.00. The molecule has 5 nitrogen and oxygen atoms in total. The zero-order chi connectivity index (χ0) is 23.6. The Labute approximate surface area is 206 Å². The van der Waals surface area contributed by atoms with Crippen LogP contribution in [0.1, 0.15) is 36.3 Å². The summed E-state index contributed by atoms with van der Waals surface area (Å²) in [5.41, 5.74) is 7.49. The third-order valence-corrected chi connectivity index (χ3v) is 7.16. The van der Waals surface area contributed by atoms with Gasteiger partial charge in [0.05, 0.1) is 23.4 Å². The van der Waals surface area contributed by atoms with E-state index in [1.165, 1.54) is 0 Å². The Hall–Kier alpha value is -3.24. The molecular weight excluding hydrogens is 500 g/mol. The Morgan fingerprint density at radius 1 is 1.12 bits per heavy atom. The number of hydrogen-bond donors (Lipinski definition) is 1. The lowest BCUT2D eigenvalue weighted by molar-refractivity contribution is 0.276. The van der Waals surface area contributed by atoms with Crippen molar-refractivity contribution >= 4 is 27.5 Å². The van der Waals surface area contributed by atoms with Crippen LogP contribution in [0.15, 0.2) is 69.9 Å². The molecule has 2 N–H and O–H groups in total. The van der Waals surface area contributed by atoms with Crippen molar-refractivity contribution < 1.29 is 4.74 Å². The van der Waals surface area contributed by atoms with E-state index in [1.807, 2.05) is 36.4 Å². The molecule has 164 valence electrons. The van der Waals surface area contributed by atoms with Crippen molar-refractivity contribution in [3.8, 4) is 24.0 Å². The summed E-state index contributed by atoms with van der Waals surface area (Å²) in [6.07, 6.45) is 4.52. The molecule has 33 heavy (non-hydrogen) atoms. The number of rotatable bonds is 4. The highest BCUT2D eigenvalue weighted by Gasteiger charge is 2.54. The van der Waals surface area contributed by atoms with Crippen molar-refractivity contribution in [3.63, 3.8) is 0 Å². The van der Waals surface area contributed by atoms with Gasteiger partial charge in [-0.05, 0) is 66.6 Å². The van der Waals surface area contributed by atoms with E-state index in [9.17, 15) is 15.8 Å². The zero-order valence-electron chi connectivity index (χ0n) is 17.7. The van der Waals surface area contributed by atoms with Crippen LogP contribution in [0.2, 0.25) is 5.02 Å². The number of ether oxygens (including phenoxy) is 1. The Balaban J connectivity index is 1.86. The Morgan fingerprint density at radius 2 is 1.85 bits per heavy atom. The number of benzene rings is 2. The second-order valence-electron chi connectivity index (χ2n) is 8.20. The van der Waals surface area contributed by atoms with Crippen LogP contribution >= 0.6 is 27.5 Å². The fourth-order valence-electron chi connectivity index (χ4n) is 4.85. The number of nitrogens with zero attached hydrogens (tertiary/aromatic N) is 3. The standard InChI is InChI=1S/C26H20BrClN4O/c27-17-7-10-23(33-13-16-5-8-18(28)9-6-16)21(11-17)24-20-4-2-1-3-19(20)22(12-29)25(32)26(24,14-30)15-31/h3,5-11,20,24H,1-2,4,13,32H2/t20-,24+/m1/s1. The minimum atomic E-state index is -1.68. The van der Waals surface area contributed by atoms with Crippen molar-refractivity contribution in [2.24, 2.45) is 17.1 Å². The highest BCUT2D eigenvalue weighted by atomic mass is 79.9. The third-order valence-electron chi connectivity index (χ3n) is 6.41. The fourth-order valence-corrected chi connectivity index (χ4v) is 5.36. The molecule has 4 rings (SSSR count). The van der Waals surface area contributed by atoms with Crippen LogP contribution in [-0.4, -0.2) is 0 Å². The van der Waals surface area contributed by atoms with Gasteiger partial charge in [-0.25, -0.2) is 0 Å². The monoisotopic (exact) mass is 518 g/mol. The van der Waals surface area contributed by atoms with Crippen molar-refractivity contribution in [2.45, 2.75) is 31.8 Å². The molecule has 2 aliphatic carbocycles. The number of halogens is 2. The quantitative estimate of drug-likeness (QED) is 0.512. The van der Waals surface area contributed by atoms with Crippen molar-refractivity contribution in [2.75, 3.05) is 0 Å². The first-order chi connectivity index (χ1) is 15.9. The molecule has 2 atom stereocenters. The lowest BCUT2D eigenvalue weighted by Gasteiger charge is -2.43. The Morgan fingerprint density at radius 3 is 2.52 bits per heavy atom. The maximum Gasteiger partial charge on any atom is 0.191 e. The van der Waals surface area contributed by atoms with Crippen molar-refractivity contribution in [1.82, 2.24) is 0 Å². The van der Waals surface area contributed by atoms with E-state index in [4.69, 9.17) is 22.1 Å². The minimum Gasteiger partial charge on any atom is -0.489 e. The Kier molecular flexibility index (Phi) is 6.48. The number of hydrogen-bond acceptors (Lipinski definition) is 5. The van der Waals surface area contributed by atoms with Gasteiger partial charge in [-0.3, -0.25) is 0 Å². The summed E-state index contributed by atoms with van der Waals surface area (Å²) in [6.45, 7) is 0.298. The molecule has 0 aromatic heterocycles. The van der Waals surface area contributed by atoms with Gasteiger partial charge in [-0.15, -0.1) is 0 Å². The Bertz CT molecular complexity index is 1260. The summed E-state index contributed by atoms with van der Waals surface area (Å²) in [5.74, 6) is -0.188. The van der Waals surface area contributed by atoms with E-state index >= 15 is 0 Å². The molecule has 2 aromatic rings. The highest BCUT2D eigenvalue weighted by molar-refractivity contribution is 9.10.